The van der Waals surface area contributed by atoms with Crippen molar-refractivity contribution in [1.29, 1.82) is 0 Å². The molecule has 1 heterocycles. The third-order valence-electron chi connectivity index (χ3n) is 3.43. The Bertz CT molecular complexity index is 485. The van der Waals surface area contributed by atoms with Crippen LogP contribution in [0.5, 0.6) is 0 Å². The van der Waals surface area contributed by atoms with E-state index in [0.717, 1.165) is 31.9 Å². The molecule has 0 radical (unpaired) electrons. The Morgan fingerprint density at radius 2 is 2.26 bits per heavy atom. The Morgan fingerprint density at radius 3 is 3.00 bits per heavy atom. The molecule has 1 aromatic rings. The summed E-state index contributed by atoms with van der Waals surface area (Å²) in [5.74, 6) is 5.63. The van der Waals surface area contributed by atoms with E-state index >= 15 is 0 Å². The molecule has 1 aliphatic heterocycles. The molecule has 19 heavy (non-hydrogen) atoms. The van der Waals surface area contributed by atoms with Crippen LogP contribution in [0.4, 0.5) is 0 Å². The average Bonchev–Trinajstić information content (AvgIpc) is 2.39. The third kappa shape index (κ3) is 3.81. The van der Waals surface area contributed by atoms with Gasteiger partial charge in [0.25, 0.3) is 0 Å². The van der Waals surface area contributed by atoms with Crippen molar-refractivity contribution in [3.05, 3.63) is 35.4 Å². The Morgan fingerprint density at radius 1 is 1.42 bits per heavy atom. The summed E-state index contributed by atoms with van der Waals surface area (Å²) >= 11 is 0. The van der Waals surface area contributed by atoms with Gasteiger partial charge in [-0.15, -0.1) is 0 Å². The van der Waals surface area contributed by atoms with Gasteiger partial charge in [0.05, 0.1) is 13.2 Å². The van der Waals surface area contributed by atoms with Gasteiger partial charge in [0.1, 0.15) is 6.61 Å². The van der Waals surface area contributed by atoms with Gasteiger partial charge in [-0.25, -0.2) is 0 Å². The normalized spacial score (nSPS) is 18.7. The minimum absolute atomic E-state index is 0.0744. The Hall–Kier alpha value is -1.34. The Kier molecular flexibility index (Phi) is 4.60. The monoisotopic (exact) mass is 259 g/mol. The van der Waals surface area contributed by atoms with Crippen LogP contribution in [0.25, 0.3) is 0 Å². The van der Waals surface area contributed by atoms with E-state index in [1.54, 1.807) is 0 Å². The maximum Gasteiger partial charge on any atom is 0.104 e. The summed E-state index contributed by atoms with van der Waals surface area (Å²) in [5.41, 5.74) is 2.28. The predicted octanol–water partition coefficient (Wildman–Crippen LogP) is 1.64. The SMILES string of the molecule is CC1(C)COCCN1Cc1cccc(C#CCO)c1. The second-order valence-corrected chi connectivity index (χ2v) is 5.45. The van der Waals surface area contributed by atoms with Gasteiger partial charge in [-0.2, -0.15) is 0 Å². The topological polar surface area (TPSA) is 32.7 Å². The number of aliphatic hydroxyl groups is 1. The molecule has 2 rings (SSSR count). The van der Waals surface area contributed by atoms with Crippen molar-refractivity contribution >= 4 is 0 Å². The van der Waals surface area contributed by atoms with Crippen LogP contribution in [0.3, 0.4) is 0 Å². The molecular formula is C16H21NO2. The van der Waals surface area contributed by atoms with E-state index in [1.807, 2.05) is 12.1 Å². The molecule has 0 amide bonds. The molecule has 1 aliphatic rings. The van der Waals surface area contributed by atoms with E-state index in [1.165, 1.54) is 5.56 Å². The molecule has 102 valence electrons. The molecule has 0 spiro atoms. The molecule has 3 heteroatoms. The summed E-state index contributed by atoms with van der Waals surface area (Å²) in [7, 11) is 0. The lowest BCUT2D eigenvalue weighted by atomic mass is 10.0. The van der Waals surface area contributed by atoms with Crippen molar-refractivity contribution in [3.8, 4) is 11.8 Å². The van der Waals surface area contributed by atoms with E-state index in [9.17, 15) is 0 Å². The Labute approximate surface area is 115 Å². The fourth-order valence-corrected chi connectivity index (χ4v) is 2.29. The zero-order valence-electron chi connectivity index (χ0n) is 11.6. The highest BCUT2D eigenvalue weighted by molar-refractivity contribution is 5.37. The first-order valence-corrected chi connectivity index (χ1v) is 6.63. The van der Waals surface area contributed by atoms with E-state index in [-0.39, 0.29) is 12.1 Å². The molecule has 1 saturated heterocycles. The minimum atomic E-state index is -0.0965. The van der Waals surface area contributed by atoms with Crippen LogP contribution in [-0.4, -0.2) is 41.9 Å². The number of hydrogen-bond donors (Lipinski definition) is 1. The Balaban J connectivity index is 2.10. The zero-order valence-corrected chi connectivity index (χ0v) is 11.6. The number of nitrogens with zero attached hydrogens (tertiary/aromatic N) is 1. The van der Waals surface area contributed by atoms with Crippen LogP contribution < -0.4 is 0 Å². The van der Waals surface area contributed by atoms with Crippen molar-refractivity contribution in [2.24, 2.45) is 0 Å². The van der Waals surface area contributed by atoms with Gasteiger partial charge >= 0.3 is 0 Å². The molecule has 1 fully saturated rings. The summed E-state index contributed by atoms with van der Waals surface area (Å²) in [6, 6.07) is 8.20. The van der Waals surface area contributed by atoms with Gasteiger partial charge in [0, 0.05) is 24.2 Å². The van der Waals surface area contributed by atoms with Crippen LogP contribution in [0.1, 0.15) is 25.0 Å². The molecule has 1 aromatic carbocycles. The van der Waals surface area contributed by atoms with Crippen LogP contribution in [0.15, 0.2) is 24.3 Å². The van der Waals surface area contributed by atoms with Crippen molar-refractivity contribution in [2.75, 3.05) is 26.4 Å². The summed E-state index contributed by atoms with van der Waals surface area (Å²) < 4.78 is 5.54. The number of aliphatic hydroxyl groups excluding tert-OH is 1. The van der Waals surface area contributed by atoms with Crippen molar-refractivity contribution < 1.29 is 9.84 Å². The molecular weight excluding hydrogens is 238 g/mol. The highest BCUT2D eigenvalue weighted by Crippen LogP contribution is 2.21. The number of benzene rings is 1. The summed E-state index contributed by atoms with van der Waals surface area (Å²) in [4.78, 5) is 2.44. The van der Waals surface area contributed by atoms with Gasteiger partial charge in [0.2, 0.25) is 0 Å². The van der Waals surface area contributed by atoms with Gasteiger partial charge in [-0.05, 0) is 31.5 Å². The highest BCUT2D eigenvalue weighted by atomic mass is 16.5. The largest absolute Gasteiger partial charge is 0.384 e. The number of ether oxygens (including phenoxy) is 1. The summed E-state index contributed by atoms with van der Waals surface area (Å²) in [6.07, 6.45) is 0. The van der Waals surface area contributed by atoms with Crippen LogP contribution >= 0.6 is 0 Å². The minimum Gasteiger partial charge on any atom is -0.384 e. The van der Waals surface area contributed by atoms with E-state index in [2.05, 4.69) is 42.7 Å². The van der Waals surface area contributed by atoms with Crippen LogP contribution in [0, 0.1) is 11.8 Å². The first kappa shape index (κ1) is 14.1. The first-order chi connectivity index (χ1) is 9.12. The van der Waals surface area contributed by atoms with Crippen molar-refractivity contribution in [2.45, 2.75) is 25.9 Å². The highest BCUT2D eigenvalue weighted by Gasteiger charge is 2.30. The molecule has 1 N–H and O–H groups in total. The third-order valence-corrected chi connectivity index (χ3v) is 3.43. The van der Waals surface area contributed by atoms with E-state index in [4.69, 9.17) is 9.84 Å². The van der Waals surface area contributed by atoms with Gasteiger partial charge in [-0.1, -0.05) is 24.0 Å². The summed E-state index contributed by atoms with van der Waals surface area (Å²) in [5, 5.41) is 8.73. The molecule has 0 aliphatic carbocycles. The van der Waals surface area contributed by atoms with Gasteiger partial charge < -0.3 is 9.84 Å². The molecule has 0 atom stereocenters. The molecule has 0 aromatic heterocycles. The molecule has 3 nitrogen and oxygen atoms in total. The van der Waals surface area contributed by atoms with Gasteiger partial charge in [0.15, 0.2) is 0 Å². The maximum absolute atomic E-state index is 8.73. The molecule has 0 saturated carbocycles. The lowest BCUT2D eigenvalue weighted by molar-refractivity contribution is -0.0552. The number of rotatable bonds is 2. The molecule has 0 bridgehead atoms. The van der Waals surface area contributed by atoms with Crippen molar-refractivity contribution in [1.82, 2.24) is 4.90 Å². The van der Waals surface area contributed by atoms with E-state index < -0.39 is 0 Å². The lowest BCUT2D eigenvalue weighted by Crippen LogP contribution is -2.52. The second-order valence-electron chi connectivity index (χ2n) is 5.45. The first-order valence-electron chi connectivity index (χ1n) is 6.63. The maximum atomic E-state index is 8.73. The lowest BCUT2D eigenvalue weighted by Gasteiger charge is -2.42. The number of morpholine rings is 1. The fraction of sp³-hybridized carbons (Fsp3) is 0.500. The second kappa shape index (κ2) is 6.21. The average molecular weight is 259 g/mol. The standard InChI is InChI=1S/C16H21NO2/c1-16(2)13-19-10-8-17(16)12-15-6-3-5-14(11-15)7-4-9-18/h3,5-6,11,18H,8-10,12-13H2,1-2H3. The fourth-order valence-electron chi connectivity index (χ4n) is 2.29. The van der Waals surface area contributed by atoms with E-state index in [0.29, 0.717) is 0 Å². The smallest absolute Gasteiger partial charge is 0.104 e. The van der Waals surface area contributed by atoms with Crippen LogP contribution in [0.2, 0.25) is 0 Å². The zero-order chi connectivity index (χ0) is 13.7. The van der Waals surface area contributed by atoms with Crippen LogP contribution in [-0.2, 0) is 11.3 Å². The molecule has 0 unspecified atom stereocenters. The van der Waals surface area contributed by atoms with Crippen molar-refractivity contribution in [3.63, 3.8) is 0 Å². The van der Waals surface area contributed by atoms with Gasteiger partial charge in [-0.3, -0.25) is 4.90 Å². The predicted molar refractivity (Wildman–Crippen MR) is 75.7 cm³/mol. The summed E-state index contributed by atoms with van der Waals surface area (Å²) in [6.45, 7) is 7.76. The quantitative estimate of drug-likeness (QED) is 0.820. The number of hydrogen-bond acceptors (Lipinski definition) is 3.